The summed E-state index contributed by atoms with van der Waals surface area (Å²) in [4.78, 5) is 76.5. The number of aliphatic hydroxyl groups excluding tert-OH is 1. The molecule has 6 unspecified atom stereocenters. The lowest BCUT2D eigenvalue weighted by Crippen LogP contribution is -2.51. The summed E-state index contributed by atoms with van der Waals surface area (Å²) in [6.07, 6.45) is 6.70. The number of aromatic amines is 1. The largest absolute Gasteiger partial charge is 0.472 e. The molecular weight excluding hydrogens is 807 g/mol. The molecule has 4 bridgehead atoms. The van der Waals surface area contributed by atoms with Crippen LogP contribution in [0.15, 0.2) is 44.0 Å². The minimum absolute atomic E-state index is 0. The van der Waals surface area contributed by atoms with Crippen LogP contribution in [-0.4, -0.2) is 104 Å². The van der Waals surface area contributed by atoms with Crippen molar-refractivity contribution < 1.29 is 42.4 Å². The number of hydrogen-bond acceptors (Lipinski definition) is 15. The molecular formula is C37H47BF2N10O11. The minimum Gasteiger partial charge on any atom is -0.472 e. The molecule has 0 aromatic carbocycles. The van der Waals surface area contributed by atoms with Crippen molar-refractivity contribution in [3.8, 4) is 0 Å². The summed E-state index contributed by atoms with van der Waals surface area (Å²) in [5, 5.41) is 25.4. The summed E-state index contributed by atoms with van der Waals surface area (Å²) in [6, 6.07) is -1.00. The number of aromatic nitrogens is 10. The Balaban J connectivity index is 0.000000211. The fourth-order valence-corrected chi connectivity index (χ4v) is 8.68. The first-order chi connectivity index (χ1) is 28.2. The standard InChI is InChI=1S/C21H25BFN5O7.C15H18FN5O4.CH4/c1-12-9-26(17(31)28(15(12)29)18(32)34-19(2,3)4)21-6-5-20(35-21,11-33-16(22)30)14(7-21)27-10-13(8-23)24-25-27;1-9-6-20(13(24)17-12(9)23)15-3-2-14(8-22,25-15)11(4-15)21-7-10(5-16)18-19-21;/h9-10,14H,5-8,11H2,1-4H3;6-7,11,22H,2-5,8H2,1H3,(H,17,23,24);1H4/i23-1;16-1;. The van der Waals surface area contributed by atoms with Gasteiger partial charge in [-0.05, 0) is 60.3 Å². The number of H-pyrrole nitrogens is 1. The average molecular weight is 855 g/mol. The lowest BCUT2D eigenvalue weighted by molar-refractivity contribution is -0.120. The molecule has 6 atom stereocenters. The van der Waals surface area contributed by atoms with Crippen molar-refractivity contribution in [3.05, 3.63) is 89.0 Å². The van der Waals surface area contributed by atoms with Crippen LogP contribution >= 0.6 is 0 Å². The van der Waals surface area contributed by atoms with Crippen LogP contribution in [0.5, 0.6) is 0 Å². The van der Waals surface area contributed by atoms with Gasteiger partial charge in [-0.25, -0.2) is 32.5 Å². The highest BCUT2D eigenvalue weighted by molar-refractivity contribution is 6.55. The molecule has 0 aliphatic carbocycles. The molecule has 328 valence electrons. The monoisotopic (exact) mass is 854 g/mol. The second-order valence-electron chi connectivity index (χ2n) is 16.6. The van der Waals surface area contributed by atoms with E-state index >= 15 is 0 Å². The zero-order chi connectivity index (χ0) is 43.6. The van der Waals surface area contributed by atoms with Crippen molar-refractivity contribution in [1.82, 2.24) is 48.7 Å². The number of carbonyl (C=O) groups is 2. The van der Waals surface area contributed by atoms with E-state index in [1.165, 1.54) is 50.2 Å². The summed E-state index contributed by atoms with van der Waals surface area (Å²) in [5.41, 5.74) is -7.28. The molecule has 4 aliphatic heterocycles. The van der Waals surface area contributed by atoms with Crippen LogP contribution in [0.4, 0.5) is 18.4 Å². The first-order valence-corrected chi connectivity index (χ1v) is 19.0. The van der Waals surface area contributed by atoms with Crippen LogP contribution in [0.25, 0.3) is 0 Å². The van der Waals surface area contributed by atoms with E-state index in [4.69, 9.17) is 26.8 Å². The van der Waals surface area contributed by atoms with Gasteiger partial charge in [0.15, 0.2) is 11.4 Å². The number of halogens is 2. The molecule has 4 fully saturated rings. The number of nitrogens with one attached hydrogen (secondary N) is 1. The van der Waals surface area contributed by atoms with E-state index in [1.54, 1.807) is 27.7 Å². The first kappa shape index (κ1) is 44.9. The summed E-state index contributed by atoms with van der Waals surface area (Å²) in [7, 11) is 5.17. The predicted octanol–water partition coefficient (Wildman–Crippen LogP) is 1.70. The fraction of sp³-hybridized carbons (Fsp3) is 0.622. The van der Waals surface area contributed by atoms with Crippen molar-refractivity contribution in [1.29, 1.82) is 0 Å². The summed E-state index contributed by atoms with van der Waals surface area (Å²) < 4.78 is 54.7. The second kappa shape index (κ2) is 16.0. The van der Waals surface area contributed by atoms with Crippen molar-refractivity contribution >= 4 is 19.8 Å². The van der Waals surface area contributed by atoms with Gasteiger partial charge in [-0.15, -0.1) is 10.2 Å². The molecule has 4 aromatic rings. The molecule has 4 aromatic heterocycles. The predicted molar refractivity (Wildman–Crippen MR) is 207 cm³/mol. The van der Waals surface area contributed by atoms with E-state index in [0.29, 0.717) is 42.2 Å². The summed E-state index contributed by atoms with van der Waals surface area (Å²) >= 11 is 0. The van der Waals surface area contributed by atoms with E-state index < -0.39 is 88.1 Å². The Morgan fingerprint density at radius 1 is 0.869 bits per heavy atom. The number of fused-ring (bicyclic) bond motifs is 4. The Hall–Kier alpha value is -5.62. The highest BCUT2D eigenvalue weighted by Crippen LogP contribution is 2.59. The van der Waals surface area contributed by atoms with Crippen LogP contribution in [0.1, 0.15) is 101 Å². The van der Waals surface area contributed by atoms with E-state index in [9.17, 15) is 42.7 Å². The third kappa shape index (κ3) is 7.79. The van der Waals surface area contributed by atoms with Gasteiger partial charge >= 0.3 is 17.5 Å². The maximum atomic E-state index is 13.5. The number of alkyl halides is 2. The molecule has 21 nitrogen and oxygen atoms in total. The Bertz CT molecular complexity index is 2580. The van der Waals surface area contributed by atoms with Gasteiger partial charge in [0.25, 0.3) is 11.1 Å². The van der Waals surface area contributed by atoms with Gasteiger partial charge in [-0.3, -0.25) is 28.5 Å². The number of nitrogens with zero attached hydrogens (tertiary/aromatic N) is 9. The van der Waals surface area contributed by atoms with Crippen LogP contribution in [0, 0.1) is 13.8 Å². The van der Waals surface area contributed by atoms with Crippen molar-refractivity contribution in [2.45, 2.75) is 134 Å². The van der Waals surface area contributed by atoms with Crippen LogP contribution < -0.4 is 22.5 Å². The van der Waals surface area contributed by atoms with Gasteiger partial charge < -0.3 is 24.1 Å². The number of aliphatic hydroxyl groups is 1. The zero-order valence-electron chi connectivity index (χ0n) is 33.4. The van der Waals surface area contributed by atoms with Gasteiger partial charge in [-0.2, -0.15) is 4.57 Å². The molecule has 8 heterocycles. The van der Waals surface area contributed by atoms with E-state index in [1.807, 2.05) is 0 Å². The van der Waals surface area contributed by atoms with Crippen LogP contribution in [0.3, 0.4) is 0 Å². The number of aryl methyl sites for hydroxylation is 2. The molecule has 4 saturated heterocycles. The Morgan fingerprint density at radius 3 is 1.92 bits per heavy atom. The molecule has 2 N–H and O–H groups in total. The zero-order valence-corrected chi connectivity index (χ0v) is 33.4. The number of hydrogen-bond donors (Lipinski definition) is 2. The SMILES string of the molecule is C.Cc1cn(C23CCC(CO)(O2)C(n2cc(C[18F])nn2)C3)c(=O)[nH]c1=O.[B]C(=O)OCC12CCC(n3cc(C)c(=O)n(C(=O)OC(C)(C)C)c3=O)(CC1n1cc(C[18F])nn1)O2. The number of rotatable bonds is 9. The Kier molecular flexibility index (Phi) is 11.8. The second-order valence-corrected chi connectivity index (χ2v) is 16.6. The molecule has 8 rings (SSSR count). The third-order valence-electron chi connectivity index (χ3n) is 11.5. The first-order valence-electron chi connectivity index (χ1n) is 19.0. The van der Waals surface area contributed by atoms with Crippen molar-refractivity contribution in [3.63, 3.8) is 0 Å². The summed E-state index contributed by atoms with van der Waals surface area (Å²) in [5.74, 6) is -1.01. The van der Waals surface area contributed by atoms with Gasteiger partial charge in [0.05, 0.1) is 31.1 Å². The maximum absolute atomic E-state index is 13.5. The topological polar surface area (TPSA) is 252 Å². The fourth-order valence-electron chi connectivity index (χ4n) is 8.68. The quantitative estimate of drug-likeness (QED) is 0.227. The van der Waals surface area contributed by atoms with Gasteiger partial charge in [0.2, 0.25) is 13.7 Å². The minimum atomic E-state index is -1.31. The molecule has 0 amide bonds. The third-order valence-corrected chi connectivity index (χ3v) is 11.5. The molecule has 2 radical (unpaired) electrons. The lowest BCUT2D eigenvalue weighted by Gasteiger charge is -2.32. The van der Waals surface area contributed by atoms with E-state index in [-0.39, 0.29) is 44.0 Å². The van der Waals surface area contributed by atoms with E-state index in [2.05, 4.69) is 25.6 Å². The molecule has 61 heavy (non-hydrogen) atoms. The van der Waals surface area contributed by atoms with Crippen LogP contribution in [-0.2, 0) is 43.7 Å². The van der Waals surface area contributed by atoms with Crippen molar-refractivity contribution in [2.24, 2.45) is 0 Å². The maximum Gasteiger partial charge on any atom is 0.425 e. The lowest BCUT2D eigenvalue weighted by atomic mass is 9.81. The number of carbonyl (C=O) groups excluding carboxylic acids is 2. The highest BCUT2D eigenvalue weighted by atomic mass is 18.2. The van der Waals surface area contributed by atoms with Gasteiger partial charge in [0, 0.05) is 36.4 Å². The molecule has 4 aliphatic rings. The van der Waals surface area contributed by atoms with E-state index in [0.717, 1.165) is 0 Å². The Morgan fingerprint density at radius 2 is 1.39 bits per heavy atom. The Labute approximate surface area is 347 Å². The van der Waals surface area contributed by atoms with Crippen molar-refractivity contribution in [2.75, 3.05) is 13.2 Å². The highest BCUT2D eigenvalue weighted by Gasteiger charge is 2.65. The smallest absolute Gasteiger partial charge is 0.425 e. The molecule has 0 spiro atoms. The van der Waals surface area contributed by atoms with Crippen LogP contribution in [0.2, 0.25) is 0 Å². The normalized spacial score (nSPS) is 27.3. The van der Waals surface area contributed by atoms with Gasteiger partial charge in [-0.1, -0.05) is 17.9 Å². The molecule has 24 heteroatoms. The summed E-state index contributed by atoms with van der Waals surface area (Å²) in [6.45, 7) is 5.83. The van der Waals surface area contributed by atoms with Gasteiger partial charge in [0.1, 0.15) is 48.1 Å². The molecule has 0 saturated carbocycles. The average Bonchev–Trinajstić information content (AvgIpc) is 4.06. The number of ether oxygens (including phenoxy) is 4.